The summed E-state index contributed by atoms with van der Waals surface area (Å²) in [4.78, 5) is 30.9. The molecule has 2 aliphatic rings. The number of alkyl halides is 12. The maximum absolute atomic E-state index is 14.2. The van der Waals surface area contributed by atoms with Gasteiger partial charge in [0.05, 0.1) is 89.6 Å². The monoisotopic (exact) mass is 1330 g/mol. The second kappa shape index (κ2) is 31.0. The number of amides is 2. The smallest absolute Gasteiger partial charge is 0.416 e. The molecule has 7 aromatic rings. The molecule has 0 aliphatic carbocycles. The number of rotatable bonds is 19. The first-order valence-corrected chi connectivity index (χ1v) is 29.0. The van der Waals surface area contributed by atoms with Crippen molar-refractivity contribution in [2.75, 3.05) is 53.7 Å². The first kappa shape index (κ1) is 75.0. The van der Waals surface area contributed by atoms with Crippen LogP contribution in [0, 0.1) is 0 Å². The highest BCUT2D eigenvalue weighted by Crippen LogP contribution is 2.48. The van der Waals surface area contributed by atoms with Crippen molar-refractivity contribution in [1.29, 1.82) is 0 Å². The Bertz CT molecular complexity index is 3450. The summed E-state index contributed by atoms with van der Waals surface area (Å²) in [6.45, 7) is 2.43. The van der Waals surface area contributed by atoms with Crippen LogP contribution in [0.5, 0.6) is 0 Å². The number of likely N-dealkylation sites (tertiary alicyclic amines) is 2. The van der Waals surface area contributed by atoms with Crippen LogP contribution in [-0.4, -0.2) is 96.0 Å². The Kier molecular flexibility index (Phi) is 24.7. The maximum atomic E-state index is 14.2. The number of nitrogens with two attached hydrogens (primary N) is 1. The number of benzene rings is 6. The van der Waals surface area contributed by atoms with E-state index in [4.69, 9.17) is 34.2 Å². The maximum Gasteiger partial charge on any atom is 0.416 e. The van der Waals surface area contributed by atoms with Crippen LogP contribution < -0.4 is 5.73 Å². The van der Waals surface area contributed by atoms with E-state index in [2.05, 4.69) is 10.2 Å². The molecule has 1 aromatic heterocycles. The topological polar surface area (TPSA) is 153 Å². The summed E-state index contributed by atoms with van der Waals surface area (Å²) in [6.07, 6.45) is -19.6. The standard InChI is InChI=1S/C34H34F6N4O4.C32H34F6N2O4.2CH4/c1-24(26-15-28(33(35,36)37)17-29(16-26)34(38,39)40)48-21-32(27-11-7-4-8-12-27)14-13-31(20-46-2,43-22-41-42-23-43)19-44(32)30(45)47-18-25-9-5-3-6-10-25;1-22(24-15-26(31(33,34)35)17-27(16-24)32(36,37)38)44-21-30(25-11-7-4-8-12-25)14-13-29(39,20-42-2)19-40(30)28(41)43-18-23-9-5-3-6-10-23;;/h3-12,15-17,22-24H,13-14,18-21H2,1-2H3;3-12,15-17,22H,13-14,18-21,39H2,1-2H3;2*1H4/t24-,31?,32-;22-,29?,30-;;/m11../s1. The largest absolute Gasteiger partial charge is 0.445 e. The van der Waals surface area contributed by atoms with Crippen LogP contribution in [0.15, 0.2) is 170 Å². The number of aromatic nitrogens is 3. The van der Waals surface area contributed by atoms with Gasteiger partial charge in [-0.1, -0.05) is 136 Å². The number of halogens is 12. The molecule has 2 unspecified atom stereocenters. The molecular formula is C68H76F12N6O8. The number of piperidine rings is 2. The summed E-state index contributed by atoms with van der Waals surface area (Å²) in [5.41, 5.74) is -1.22. The van der Waals surface area contributed by atoms with Crippen LogP contribution in [-0.2, 0) is 83.0 Å². The fourth-order valence-corrected chi connectivity index (χ4v) is 11.5. The number of carbonyl (C=O) groups is 2. The zero-order valence-electron chi connectivity index (χ0n) is 50.4. The minimum absolute atomic E-state index is 0. The normalized spacial score (nSPS) is 20.7. The lowest BCUT2D eigenvalue weighted by Gasteiger charge is -2.53. The predicted molar refractivity (Wildman–Crippen MR) is 325 cm³/mol. The van der Waals surface area contributed by atoms with Crippen molar-refractivity contribution in [2.45, 2.75) is 127 Å². The van der Waals surface area contributed by atoms with Gasteiger partial charge in [-0.15, -0.1) is 10.2 Å². The number of hydrogen-bond donors (Lipinski definition) is 1. The molecule has 3 heterocycles. The molecule has 26 heteroatoms. The van der Waals surface area contributed by atoms with Crippen LogP contribution in [0.1, 0.15) is 122 Å². The molecule has 510 valence electrons. The number of methoxy groups -OCH3 is 2. The van der Waals surface area contributed by atoms with Gasteiger partial charge in [0, 0.05) is 20.8 Å². The fourth-order valence-electron chi connectivity index (χ4n) is 11.5. The number of hydrogen-bond acceptors (Lipinski definition) is 11. The summed E-state index contributed by atoms with van der Waals surface area (Å²) in [5, 5.41) is 7.89. The summed E-state index contributed by atoms with van der Waals surface area (Å²) < 4.78 is 200. The minimum atomic E-state index is -5.02. The fraction of sp³-hybridized carbons (Fsp3) is 0.412. The molecule has 6 atom stereocenters. The quantitative estimate of drug-likeness (QED) is 0.0770. The predicted octanol–water partition coefficient (Wildman–Crippen LogP) is 16.5. The first-order valence-electron chi connectivity index (χ1n) is 29.0. The molecule has 0 spiro atoms. The molecule has 2 aliphatic heterocycles. The van der Waals surface area contributed by atoms with Crippen LogP contribution in [0.25, 0.3) is 0 Å². The second-order valence-electron chi connectivity index (χ2n) is 23.0. The molecule has 0 bridgehead atoms. The lowest BCUT2D eigenvalue weighted by molar-refractivity contribution is -0.145. The lowest BCUT2D eigenvalue weighted by Crippen LogP contribution is -2.66. The zero-order chi connectivity index (χ0) is 66.8. The van der Waals surface area contributed by atoms with E-state index in [0.717, 1.165) is 11.1 Å². The van der Waals surface area contributed by atoms with Crippen molar-refractivity contribution in [3.63, 3.8) is 0 Å². The van der Waals surface area contributed by atoms with Crippen molar-refractivity contribution in [2.24, 2.45) is 5.73 Å². The summed E-state index contributed by atoms with van der Waals surface area (Å²) in [6, 6.07) is 38.6. The van der Waals surface area contributed by atoms with E-state index in [1.807, 2.05) is 12.1 Å². The van der Waals surface area contributed by atoms with Gasteiger partial charge in [-0.05, 0) is 109 Å². The molecule has 9 rings (SSSR count). The number of carbonyl (C=O) groups excluding carboxylic acids is 2. The third kappa shape index (κ3) is 18.0. The van der Waals surface area contributed by atoms with E-state index in [1.54, 1.807) is 114 Å². The molecule has 2 fully saturated rings. The molecule has 0 radical (unpaired) electrons. The Morgan fingerprint density at radius 3 is 1.17 bits per heavy atom. The van der Waals surface area contributed by atoms with Gasteiger partial charge in [-0.3, -0.25) is 9.80 Å². The molecule has 14 nitrogen and oxygen atoms in total. The molecule has 2 N–H and O–H groups in total. The molecular weight excluding hydrogens is 1260 g/mol. The van der Waals surface area contributed by atoms with Gasteiger partial charge in [-0.25, -0.2) is 9.59 Å². The van der Waals surface area contributed by atoms with Gasteiger partial charge in [-0.2, -0.15) is 52.7 Å². The van der Waals surface area contributed by atoms with E-state index in [1.165, 1.54) is 50.5 Å². The van der Waals surface area contributed by atoms with Crippen molar-refractivity contribution in [3.8, 4) is 0 Å². The van der Waals surface area contributed by atoms with Gasteiger partial charge in [0.25, 0.3) is 0 Å². The second-order valence-corrected chi connectivity index (χ2v) is 23.0. The van der Waals surface area contributed by atoms with E-state index in [-0.39, 0.29) is 104 Å². The summed E-state index contributed by atoms with van der Waals surface area (Å²) in [5.74, 6) is 0. The van der Waals surface area contributed by atoms with E-state index >= 15 is 0 Å². The number of nitrogens with zero attached hydrogens (tertiary/aromatic N) is 5. The lowest BCUT2D eigenvalue weighted by atomic mass is 9.74. The van der Waals surface area contributed by atoms with Gasteiger partial charge in [0.1, 0.15) is 25.9 Å². The third-order valence-corrected chi connectivity index (χ3v) is 16.6. The molecule has 2 amide bonds. The van der Waals surface area contributed by atoms with Crippen LogP contribution in [0.4, 0.5) is 62.3 Å². The zero-order valence-corrected chi connectivity index (χ0v) is 50.4. The van der Waals surface area contributed by atoms with Gasteiger partial charge >= 0.3 is 36.9 Å². The van der Waals surface area contributed by atoms with Crippen LogP contribution >= 0.6 is 0 Å². The Hall–Kier alpha value is -8.04. The number of ether oxygens (including phenoxy) is 6. The Balaban J connectivity index is 0.000000293. The highest BCUT2D eigenvalue weighted by atomic mass is 19.4. The molecule has 2 saturated heterocycles. The van der Waals surface area contributed by atoms with Crippen molar-refractivity contribution < 1.29 is 90.7 Å². The average molecular weight is 1330 g/mol. The molecule has 0 saturated carbocycles. The van der Waals surface area contributed by atoms with E-state index < -0.39 is 93.5 Å². The average Bonchev–Trinajstić information content (AvgIpc) is 0.951. The molecule has 94 heavy (non-hydrogen) atoms. The highest BCUT2D eigenvalue weighted by Gasteiger charge is 2.54. The first-order chi connectivity index (χ1) is 43.4. The Labute approximate surface area is 537 Å². The van der Waals surface area contributed by atoms with E-state index in [9.17, 15) is 62.3 Å². The van der Waals surface area contributed by atoms with Gasteiger partial charge in [0.2, 0.25) is 0 Å². The Morgan fingerprint density at radius 1 is 0.479 bits per heavy atom. The highest BCUT2D eigenvalue weighted by molar-refractivity contribution is 5.71. The minimum Gasteiger partial charge on any atom is -0.445 e. The van der Waals surface area contributed by atoms with Crippen LogP contribution in [0.2, 0.25) is 0 Å². The van der Waals surface area contributed by atoms with Crippen LogP contribution in [0.3, 0.4) is 0 Å². The SMILES string of the molecule is C.C.COCC1(N)CC[C@@](CO[C@H](C)c2cc(C(F)(F)F)cc(C(F)(F)F)c2)(c2ccccc2)N(C(=O)OCc2ccccc2)C1.COCC1(n2cnnc2)CC[C@@](CO[C@H](C)c2cc(C(F)(F)F)cc(C(F)(F)F)c2)(c2ccccc2)N(C(=O)OCc2ccccc2)C1. The van der Waals surface area contributed by atoms with Crippen molar-refractivity contribution in [1.82, 2.24) is 24.6 Å². The molecule has 6 aromatic carbocycles. The third-order valence-electron chi connectivity index (χ3n) is 16.6. The summed E-state index contributed by atoms with van der Waals surface area (Å²) in [7, 11) is 3.01. The van der Waals surface area contributed by atoms with E-state index in [0.29, 0.717) is 48.2 Å². The van der Waals surface area contributed by atoms with Gasteiger partial charge in [0.15, 0.2) is 0 Å². The van der Waals surface area contributed by atoms with Crippen molar-refractivity contribution in [3.05, 3.63) is 226 Å². The Morgan fingerprint density at radius 2 is 0.819 bits per heavy atom. The van der Waals surface area contributed by atoms with Gasteiger partial charge < -0.3 is 38.7 Å². The summed E-state index contributed by atoms with van der Waals surface area (Å²) >= 11 is 0. The van der Waals surface area contributed by atoms with Crippen molar-refractivity contribution >= 4 is 12.2 Å².